The Morgan fingerprint density at radius 1 is 1.30 bits per heavy atom. The zero-order valence-corrected chi connectivity index (χ0v) is 12.7. The Kier molecular flexibility index (Phi) is 4.38. The molecule has 2 aromatic rings. The zero-order valence-electron chi connectivity index (χ0n) is 11.8. The maximum atomic E-state index is 5.77. The monoisotopic (exact) mass is 287 g/mol. The fourth-order valence-electron chi connectivity index (χ4n) is 2.98. The van der Waals surface area contributed by atoms with Gasteiger partial charge in [0.1, 0.15) is 5.75 Å². The van der Waals surface area contributed by atoms with Crippen LogP contribution in [0.3, 0.4) is 0 Å². The number of rotatable bonds is 5. The molecular formula is C17H21NOS. The molecule has 0 amide bonds. The van der Waals surface area contributed by atoms with Crippen LogP contribution in [0.25, 0.3) is 0 Å². The zero-order chi connectivity index (χ0) is 13.8. The van der Waals surface area contributed by atoms with Crippen molar-refractivity contribution in [2.24, 2.45) is 0 Å². The highest BCUT2D eigenvalue weighted by Gasteiger charge is 2.25. The highest BCUT2D eigenvalue weighted by Crippen LogP contribution is 2.39. The summed E-state index contributed by atoms with van der Waals surface area (Å²) < 4.78 is 5.77. The molecule has 2 atom stereocenters. The Hall–Kier alpha value is -1.32. The number of thiophene rings is 1. The van der Waals surface area contributed by atoms with E-state index in [1.165, 1.54) is 10.4 Å². The molecule has 1 aliphatic heterocycles. The maximum absolute atomic E-state index is 5.77. The Balaban J connectivity index is 1.79. The van der Waals surface area contributed by atoms with Gasteiger partial charge >= 0.3 is 0 Å². The fourth-order valence-corrected chi connectivity index (χ4v) is 3.80. The quantitative estimate of drug-likeness (QED) is 0.882. The predicted octanol–water partition coefficient (Wildman–Crippen LogP) is 4.36. The molecule has 2 unspecified atom stereocenters. The molecule has 106 valence electrons. The molecule has 2 nitrogen and oxygen atoms in total. The summed E-state index contributed by atoms with van der Waals surface area (Å²) in [6.07, 6.45) is 2.26. The third-order valence-electron chi connectivity index (χ3n) is 3.94. The Morgan fingerprint density at radius 2 is 2.20 bits per heavy atom. The molecule has 0 bridgehead atoms. The summed E-state index contributed by atoms with van der Waals surface area (Å²) in [4.78, 5) is 1.44. The Labute approximate surface area is 124 Å². The van der Waals surface area contributed by atoms with Crippen LogP contribution in [0.15, 0.2) is 41.8 Å². The van der Waals surface area contributed by atoms with Gasteiger partial charge in [-0.25, -0.2) is 0 Å². The molecule has 3 rings (SSSR count). The van der Waals surface area contributed by atoms with Crippen LogP contribution in [0, 0.1) is 0 Å². The minimum absolute atomic E-state index is 0.455. The molecule has 0 saturated carbocycles. The number of nitrogens with one attached hydrogen (secondary N) is 1. The molecule has 1 N–H and O–H groups in total. The molecule has 1 aromatic heterocycles. The van der Waals surface area contributed by atoms with E-state index in [-0.39, 0.29) is 0 Å². The standard InChI is InChI=1S/C17H21NOS/c1-2-18-15(17-8-5-11-20-17)12-13-9-10-19-16-7-4-3-6-14(13)16/h3-8,11,13,15,18H,2,9-10,12H2,1H3. The van der Waals surface area contributed by atoms with Crippen molar-refractivity contribution < 1.29 is 4.74 Å². The summed E-state index contributed by atoms with van der Waals surface area (Å²) in [5.41, 5.74) is 1.37. The van der Waals surface area contributed by atoms with Gasteiger partial charge in [-0.15, -0.1) is 11.3 Å². The van der Waals surface area contributed by atoms with Crippen LogP contribution >= 0.6 is 11.3 Å². The molecule has 0 spiro atoms. The molecule has 0 saturated heterocycles. The minimum Gasteiger partial charge on any atom is -0.493 e. The second-order valence-corrected chi connectivity index (χ2v) is 6.21. The first kappa shape index (κ1) is 13.7. The molecule has 1 aromatic carbocycles. The maximum Gasteiger partial charge on any atom is 0.122 e. The molecule has 0 aliphatic carbocycles. The second kappa shape index (κ2) is 6.42. The van der Waals surface area contributed by atoms with E-state index in [0.717, 1.165) is 31.7 Å². The lowest BCUT2D eigenvalue weighted by Crippen LogP contribution is -2.24. The van der Waals surface area contributed by atoms with Crippen molar-refractivity contribution in [2.45, 2.75) is 31.7 Å². The van der Waals surface area contributed by atoms with Crippen LogP contribution in [0.4, 0.5) is 0 Å². The number of fused-ring (bicyclic) bond motifs is 1. The lowest BCUT2D eigenvalue weighted by atomic mass is 9.87. The molecule has 0 radical (unpaired) electrons. The van der Waals surface area contributed by atoms with E-state index < -0.39 is 0 Å². The van der Waals surface area contributed by atoms with Crippen molar-refractivity contribution in [1.29, 1.82) is 0 Å². The Bertz CT molecular complexity index is 538. The number of hydrogen-bond acceptors (Lipinski definition) is 3. The SMILES string of the molecule is CCNC(CC1CCOc2ccccc21)c1cccs1. The van der Waals surface area contributed by atoms with Gasteiger partial charge in [-0.2, -0.15) is 0 Å². The van der Waals surface area contributed by atoms with Gasteiger partial charge in [0.25, 0.3) is 0 Å². The average Bonchev–Trinajstić information content (AvgIpc) is 3.01. The largest absolute Gasteiger partial charge is 0.493 e. The number of ether oxygens (including phenoxy) is 1. The first-order valence-corrected chi connectivity index (χ1v) is 8.25. The van der Waals surface area contributed by atoms with E-state index in [1.54, 1.807) is 0 Å². The molecule has 20 heavy (non-hydrogen) atoms. The van der Waals surface area contributed by atoms with Gasteiger partial charge in [-0.05, 0) is 48.4 Å². The van der Waals surface area contributed by atoms with E-state index in [0.29, 0.717) is 12.0 Å². The summed E-state index contributed by atoms with van der Waals surface area (Å²) in [6.45, 7) is 4.02. The predicted molar refractivity (Wildman–Crippen MR) is 84.6 cm³/mol. The van der Waals surface area contributed by atoms with Crippen LogP contribution < -0.4 is 10.1 Å². The third kappa shape index (κ3) is 2.89. The van der Waals surface area contributed by atoms with E-state index >= 15 is 0 Å². The summed E-state index contributed by atoms with van der Waals surface area (Å²) in [7, 11) is 0. The smallest absolute Gasteiger partial charge is 0.122 e. The lowest BCUT2D eigenvalue weighted by molar-refractivity contribution is 0.256. The highest BCUT2D eigenvalue weighted by atomic mass is 32.1. The van der Waals surface area contributed by atoms with Crippen molar-refractivity contribution >= 4 is 11.3 Å². The van der Waals surface area contributed by atoms with Gasteiger partial charge in [0.05, 0.1) is 6.61 Å². The van der Waals surface area contributed by atoms with Crippen molar-refractivity contribution in [3.8, 4) is 5.75 Å². The van der Waals surface area contributed by atoms with Gasteiger partial charge in [0, 0.05) is 10.9 Å². The molecule has 0 fully saturated rings. The van der Waals surface area contributed by atoms with Crippen molar-refractivity contribution in [3.63, 3.8) is 0 Å². The lowest BCUT2D eigenvalue weighted by Gasteiger charge is -2.29. The molecule has 2 heterocycles. The summed E-state index contributed by atoms with van der Waals surface area (Å²) in [5.74, 6) is 1.66. The van der Waals surface area contributed by atoms with Crippen LogP contribution in [-0.2, 0) is 0 Å². The van der Waals surface area contributed by atoms with Gasteiger partial charge in [0.2, 0.25) is 0 Å². The minimum atomic E-state index is 0.455. The van der Waals surface area contributed by atoms with Crippen molar-refractivity contribution in [3.05, 3.63) is 52.2 Å². The molecule has 3 heteroatoms. The number of benzene rings is 1. The Morgan fingerprint density at radius 3 is 3.00 bits per heavy atom. The van der Waals surface area contributed by atoms with E-state index in [4.69, 9.17) is 4.74 Å². The fraction of sp³-hybridized carbons (Fsp3) is 0.412. The molecular weight excluding hydrogens is 266 g/mol. The van der Waals surface area contributed by atoms with E-state index in [2.05, 4.69) is 54.0 Å². The third-order valence-corrected chi connectivity index (χ3v) is 4.93. The first-order valence-electron chi connectivity index (χ1n) is 7.37. The van der Waals surface area contributed by atoms with Crippen LogP contribution in [-0.4, -0.2) is 13.2 Å². The van der Waals surface area contributed by atoms with Crippen LogP contribution in [0.5, 0.6) is 5.75 Å². The molecule has 1 aliphatic rings. The summed E-state index contributed by atoms with van der Waals surface area (Å²) in [5, 5.41) is 5.80. The van der Waals surface area contributed by atoms with Crippen LogP contribution in [0.2, 0.25) is 0 Å². The average molecular weight is 287 g/mol. The topological polar surface area (TPSA) is 21.3 Å². The van der Waals surface area contributed by atoms with E-state index in [9.17, 15) is 0 Å². The van der Waals surface area contributed by atoms with Gasteiger partial charge in [-0.1, -0.05) is 31.2 Å². The van der Waals surface area contributed by atoms with Gasteiger partial charge in [0.15, 0.2) is 0 Å². The summed E-state index contributed by atoms with van der Waals surface area (Å²) >= 11 is 1.85. The normalized spacial score (nSPS) is 19.1. The van der Waals surface area contributed by atoms with Crippen LogP contribution in [0.1, 0.15) is 42.2 Å². The summed E-state index contributed by atoms with van der Waals surface area (Å²) in [6, 6.07) is 13.3. The number of para-hydroxylation sites is 1. The van der Waals surface area contributed by atoms with Gasteiger partial charge in [-0.3, -0.25) is 0 Å². The first-order chi connectivity index (χ1) is 9.88. The number of hydrogen-bond donors (Lipinski definition) is 1. The van der Waals surface area contributed by atoms with Crippen molar-refractivity contribution in [1.82, 2.24) is 5.32 Å². The van der Waals surface area contributed by atoms with E-state index in [1.807, 2.05) is 11.3 Å². The van der Waals surface area contributed by atoms with Crippen molar-refractivity contribution in [2.75, 3.05) is 13.2 Å². The highest BCUT2D eigenvalue weighted by molar-refractivity contribution is 7.10. The second-order valence-electron chi connectivity index (χ2n) is 5.23. The van der Waals surface area contributed by atoms with Gasteiger partial charge < -0.3 is 10.1 Å².